The van der Waals surface area contributed by atoms with Gasteiger partial charge < -0.3 is 10.4 Å². The molecule has 0 aromatic rings. The van der Waals surface area contributed by atoms with Gasteiger partial charge in [-0.15, -0.1) is 0 Å². The minimum absolute atomic E-state index is 0. The van der Waals surface area contributed by atoms with E-state index >= 15 is 0 Å². The van der Waals surface area contributed by atoms with Crippen LogP contribution in [0.15, 0.2) is 0 Å². The minimum Gasteiger partial charge on any atom is -0.480 e. The van der Waals surface area contributed by atoms with Crippen LogP contribution in [0.5, 0.6) is 0 Å². The van der Waals surface area contributed by atoms with Crippen molar-refractivity contribution in [2.75, 3.05) is 13.6 Å². The number of nitrogens with one attached hydrogen (secondary N) is 1. The molecule has 0 aromatic heterocycles. The van der Waals surface area contributed by atoms with Crippen LogP contribution < -0.4 is 11.5 Å². The van der Waals surface area contributed by atoms with Crippen molar-refractivity contribution >= 4 is 5.97 Å². The van der Waals surface area contributed by atoms with Gasteiger partial charge in [-0.25, -0.2) is 0 Å². The van der Waals surface area contributed by atoms with Gasteiger partial charge in [0, 0.05) is 6.15 Å². The maximum atomic E-state index is 9.54. The van der Waals surface area contributed by atoms with E-state index in [-0.39, 0.29) is 12.7 Å². The lowest BCUT2D eigenvalue weighted by Crippen LogP contribution is -2.16. The van der Waals surface area contributed by atoms with Gasteiger partial charge in [0.2, 0.25) is 0 Å². The topological polar surface area (TPSA) is 79.8 Å². The number of carbonyl (C=O) groups is 1. The van der Waals surface area contributed by atoms with E-state index in [0.29, 0.717) is 0 Å². The maximum absolute atomic E-state index is 9.54. The van der Waals surface area contributed by atoms with E-state index < -0.39 is 5.97 Å². The van der Waals surface area contributed by atoms with Crippen LogP contribution in [0.4, 0.5) is 0 Å². The zero-order chi connectivity index (χ0) is 4.99. The van der Waals surface area contributed by atoms with Crippen LogP contribution in [0.1, 0.15) is 0 Å². The van der Waals surface area contributed by atoms with Gasteiger partial charge in [-0.05, 0) is 7.05 Å². The lowest BCUT2D eigenvalue weighted by molar-refractivity contribution is -0.135. The molecule has 0 bridgehead atoms. The SMILES string of the molecule is CNCC(=O)O.[N]. The van der Waals surface area contributed by atoms with E-state index in [1.807, 2.05) is 0 Å². The predicted molar refractivity (Wildman–Crippen MR) is 23.7 cm³/mol. The predicted octanol–water partition coefficient (Wildman–Crippen LogP) is -1.19. The molecule has 0 rings (SSSR count). The van der Waals surface area contributed by atoms with E-state index in [1.165, 1.54) is 0 Å². The fourth-order valence-electron chi connectivity index (χ4n) is 0.151. The molecule has 0 saturated heterocycles. The van der Waals surface area contributed by atoms with Gasteiger partial charge in [-0.3, -0.25) is 4.79 Å². The molecule has 0 saturated carbocycles. The maximum Gasteiger partial charge on any atom is 0.317 e. The second kappa shape index (κ2) is 5.39. The molecule has 41 valence electrons. The number of carboxylic acids is 1. The Kier molecular flexibility index (Phi) is 7.42. The molecule has 0 aromatic carbocycles. The van der Waals surface area contributed by atoms with Crippen molar-refractivity contribution in [2.24, 2.45) is 0 Å². The first-order valence-corrected chi connectivity index (χ1v) is 1.63. The summed E-state index contributed by atoms with van der Waals surface area (Å²) in [5.74, 6) is -0.822. The average molecular weight is 103 g/mol. The second-order valence-electron chi connectivity index (χ2n) is 0.924. The molecule has 0 spiro atoms. The van der Waals surface area contributed by atoms with E-state index in [1.54, 1.807) is 7.05 Å². The highest BCUT2D eigenvalue weighted by Crippen LogP contribution is 1.50. The highest BCUT2D eigenvalue weighted by molar-refractivity contribution is 5.68. The van der Waals surface area contributed by atoms with E-state index in [9.17, 15) is 4.79 Å². The first-order valence-electron chi connectivity index (χ1n) is 1.63. The quantitative estimate of drug-likeness (QED) is 0.461. The fourth-order valence-corrected chi connectivity index (χ4v) is 0.151. The molecule has 0 aliphatic heterocycles. The summed E-state index contributed by atoms with van der Waals surface area (Å²) in [6.45, 7) is 0.0417. The largest absolute Gasteiger partial charge is 0.480 e. The number of aliphatic carboxylic acids is 1. The smallest absolute Gasteiger partial charge is 0.317 e. The molecule has 0 unspecified atom stereocenters. The van der Waals surface area contributed by atoms with Gasteiger partial charge >= 0.3 is 5.97 Å². The summed E-state index contributed by atoms with van der Waals surface area (Å²) >= 11 is 0. The summed E-state index contributed by atoms with van der Waals surface area (Å²) in [6, 6.07) is 0. The average Bonchev–Trinajstić information content (AvgIpc) is 1.35. The Balaban J connectivity index is 0. The van der Waals surface area contributed by atoms with Crippen LogP contribution in [0.3, 0.4) is 0 Å². The summed E-state index contributed by atoms with van der Waals surface area (Å²) in [5.41, 5.74) is 0. The van der Waals surface area contributed by atoms with Crippen molar-refractivity contribution in [1.29, 1.82) is 0 Å². The number of likely N-dealkylation sites (N-methyl/N-ethyl adjacent to an activating group) is 1. The zero-order valence-corrected chi connectivity index (χ0v) is 4.01. The fraction of sp³-hybridized carbons (Fsp3) is 0.667. The summed E-state index contributed by atoms with van der Waals surface area (Å²) in [4.78, 5) is 9.54. The van der Waals surface area contributed by atoms with Crippen LogP contribution in [0.25, 0.3) is 0 Å². The lowest BCUT2D eigenvalue weighted by Gasteiger charge is -1.84. The third kappa shape index (κ3) is 10.8. The molecular formula is C3H7N2O2. The van der Waals surface area contributed by atoms with E-state index in [2.05, 4.69) is 5.32 Å². The number of carboxylic acid groups (broad SMARTS) is 1. The minimum atomic E-state index is -0.822. The summed E-state index contributed by atoms with van der Waals surface area (Å²) in [6.07, 6.45) is 0. The lowest BCUT2D eigenvalue weighted by atomic mass is 10.7. The van der Waals surface area contributed by atoms with Gasteiger partial charge in [0.15, 0.2) is 0 Å². The van der Waals surface area contributed by atoms with E-state index in [0.717, 1.165) is 0 Å². The van der Waals surface area contributed by atoms with Gasteiger partial charge in [0.25, 0.3) is 0 Å². The highest BCUT2D eigenvalue weighted by Gasteiger charge is 1.86. The van der Waals surface area contributed by atoms with Crippen LogP contribution in [0.2, 0.25) is 0 Å². The normalized spacial score (nSPS) is 7.00. The Labute approximate surface area is 42.1 Å². The standard InChI is InChI=1S/C3H7NO2.N/c1-4-2-3(5)6;/h4H,2H2,1H3,(H,5,6);. The number of nitrogens with zero attached hydrogens (tertiary/aromatic N) is 1. The Hall–Kier alpha value is -0.610. The molecule has 0 heterocycles. The molecule has 0 fully saturated rings. The molecular weight excluding hydrogens is 96.0 g/mol. The summed E-state index contributed by atoms with van der Waals surface area (Å²) < 4.78 is 0. The first kappa shape index (κ1) is 9.63. The van der Waals surface area contributed by atoms with Crippen molar-refractivity contribution in [3.63, 3.8) is 0 Å². The summed E-state index contributed by atoms with van der Waals surface area (Å²) in [7, 11) is 1.59. The van der Waals surface area contributed by atoms with Crippen molar-refractivity contribution in [3.8, 4) is 0 Å². The number of rotatable bonds is 2. The van der Waals surface area contributed by atoms with Gasteiger partial charge in [-0.1, -0.05) is 0 Å². The molecule has 0 aliphatic carbocycles. The summed E-state index contributed by atoms with van der Waals surface area (Å²) in [5, 5.41) is 10.3. The third-order valence-electron chi connectivity index (χ3n) is 0.328. The van der Waals surface area contributed by atoms with Crippen LogP contribution >= 0.6 is 0 Å². The zero-order valence-electron chi connectivity index (χ0n) is 4.01. The Bertz CT molecular complexity index is 54.9. The number of hydrogen-bond donors (Lipinski definition) is 2. The molecule has 7 heavy (non-hydrogen) atoms. The van der Waals surface area contributed by atoms with Gasteiger partial charge in [0.05, 0.1) is 6.54 Å². The Morgan fingerprint density at radius 3 is 2.29 bits per heavy atom. The van der Waals surface area contributed by atoms with Crippen LogP contribution in [-0.2, 0) is 4.79 Å². The van der Waals surface area contributed by atoms with Crippen molar-refractivity contribution in [2.45, 2.75) is 0 Å². The molecule has 0 atom stereocenters. The van der Waals surface area contributed by atoms with Gasteiger partial charge in [0.1, 0.15) is 0 Å². The highest BCUT2D eigenvalue weighted by atomic mass is 16.4. The Morgan fingerprint density at radius 1 is 1.86 bits per heavy atom. The van der Waals surface area contributed by atoms with Gasteiger partial charge in [-0.2, -0.15) is 0 Å². The van der Waals surface area contributed by atoms with Crippen molar-refractivity contribution in [1.82, 2.24) is 11.5 Å². The van der Waals surface area contributed by atoms with Crippen molar-refractivity contribution < 1.29 is 9.90 Å². The van der Waals surface area contributed by atoms with Crippen LogP contribution in [-0.4, -0.2) is 24.7 Å². The molecule has 4 heteroatoms. The molecule has 0 amide bonds. The molecule has 0 aliphatic rings. The first-order chi connectivity index (χ1) is 2.77. The van der Waals surface area contributed by atoms with Crippen LogP contribution in [0, 0.1) is 0 Å². The third-order valence-corrected chi connectivity index (χ3v) is 0.328. The molecule has 3 radical (unpaired) electrons. The molecule has 4 nitrogen and oxygen atoms in total. The second-order valence-corrected chi connectivity index (χ2v) is 0.924. The molecule has 2 N–H and O–H groups in total. The monoisotopic (exact) mass is 103 g/mol. The van der Waals surface area contributed by atoms with Crippen molar-refractivity contribution in [3.05, 3.63) is 0 Å². The van der Waals surface area contributed by atoms with E-state index in [4.69, 9.17) is 5.11 Å². The Morgan fingerprint density at radius 2 is 2.29 bits per heavy atom. The number of hydrogen-bond acceptors (Lipinski definition) is 2.